The second kappa shape index (κ2) is 5.02. The topological polar surface area (TPSA) is 17.1 Å². The molecule has 0 aliphatic carbocycles. The highest BCUT2D eigenvalue weighted by Crippen LogP contribution is 2.04. The molecule has 52 valence electrons. The molecular formula is C7H15AlO. The van der Waals surface area contributed by atoms with Gasteiger partial charge in [0.1, 0.15) is 5.78 Å². The molecule has 0 rings (SSSR count). The van der Waals surface area contributed by atoms with Crippen molar-refractivity contribution in [2.75, 3.05) is 0 Å². The standard InChI is InChI=1S/C6H11O.CH3.Al.H/c1-4-5(2)6(3)7;;;/h5H,3-4H2,1-2H3;1H3;;. The lowest BCUT2D eigenvalue weighted by Gasteiger charge is -2.03. The number of hydrogen-bond acceptors (Lipinski definition) is 1. The van der Waals surface area contributed by atoms with Gasteiger partial charge in [0, 0.05) is 5.92 Å². The Morgan fingerprint density at radius 2 is 2.22 bits per heavy atom. The molecule has 1 atom stereocenters. The molecule has 0 aliphatic rings. The summed E-state index contributed by atoms with van der Waals surface area (Å²) in [6.45, 7) is 4.09. The van der Waals surface area contributed by atoms with Gasteiger partial charge in [-0.1, -0.05) is 13.8 Å². The zero-order valence-corrected chi connectivity index (χ0v) is 8.02. The van der Waals surface area contributed by atoms with Crippen molar-refractivity contribution in [2.45, 2.75) is 31.3 Å². The summed E-state index contributed by atoms with van der Waals surface area (Å²) in [4.78, 5) is 11.0. The van der Waals surface area contributed by atoms with Crippen LogP contribution in [0.4, 0.5) is 0 Å². The monoisotopic (exact) mass is 142 g/mol. The van der Waals surface area contributed by atoms with E-state index in [1.807, 2.05) is 6.92 Å². The van der Waals surface area contributed by atoms with Crippen molar-refractivity contribution in [1.29, 1.82) is 0 Å². The zero-order chi connectivity index (χ0) is 7.28. The molecule has 0 saturated carbocycles. The Hall–Kier alpha value is 0.202. The molecule has 0 N–H and O–H groups in total. The van der Waals surface area contributed by atoms with E-state index in [0.717, 1.165) is 11.7 Å². The highest BCUT2D eigenvalue weighted by atomic mass is 27.1. The third-order valence-electron chi connectivity index (χ3n) is 1.66. The summed E-state index contributed by atoms with van der Waals surface area (Å²) < 4.78 is 0. The Balaban J connectivity index is 3.46. The van der Waals surface area contributed by atoms with Crippen molar-refractivity contribution in [3.8, 4) is 0 Å². The van der Waals surface area contributed by atoms with E-state index in [1.54, 1.807) is 0 Å². The first-order chi connectivity index (χ1) is 4.22. The summed E-state index contributed by atoms with van der Waals surface area (Å²) in [5.41, 5.74) is 0. The van der Waals surface area contributed by atoms with E-state index in [9.17, 15) is 4.79 Å². The van der Waals surface area contributed by atoms with Gasteiger partial charge in [-0.3, -0.25) is 0 Å². The van der Waals surface area contributed by atoms with E-state index >= 15 is 0 Å². The third kappa shape index (κ3) is 3.73. The van der Waals surface area contributed by atoms with Crippen LogP contribution in [0.15, 0.2) is 0 Å². The van der Waals surface area contributed by atoms with Crippen LogP contribution in [0.1, 0.15) is 20.3 Å². The van der Waals surface area contributed by atoms with Crippen LogP contribution in [0.25, 0.3) is 0 Å². The van der Waals surface area contributed by atoms with Crippen molar-refractivity contribution in [3.63, 3.8) is 0 Å². The fraction of sp³-hybridized carbons (Fsp3) is 0.857. The Bertz CT molecular complexity index is 90.9. The Kier molecular flexibility index (Phi) is 5.14. The highest BCUT2D eigenvalue weighted by molar-refractivity contribution is 6.39. The summed E-state index contributed by atoms with van der Waals surface area (Å²) in [7, 11) is 0. The number of carbonyl (C=O) groups excluding carboxylic acids is 1. The van der Waals surface area contributed by atoms with Gasteiger partial charge >= 0.3 is 0 Å². The van der Waals surface area contributed by atoms with Crippen LogP contribution < -0.4 is 0 Å². The van der Waals surface area contributed by atoms with Crippen LogP contribution in [0, 0.1) is 5.92 Å². The normalized spacial score (nSPS) is 12.8. The summed E-state index contributed by atoms with van der Waals surface area (Å²) in [6.07, 6.45) is 1.01. The molecule has 0 bridgehead atoms. The maximum atomic E-state index is 11.0. The molecule has 0 spiro atoms. The minimum Gasteiger partial charge on any atom is -0.301 e. The SMILES string of the molecule is CCC(C)C(=O)[CH2][AlH][CH3]. The molecule has 0 heterocycles. The summed E-state index contributed by atoms with van der Waals surface area (Å²) in [6, 6.07) is 0. The lowest BCUT2D eigenvalue weighted by molar-refractivity contribution is -0.120. The van der Waals surface area contributed by atoms with Gasteiger partial charge in [0.25, 0.3) is 0 Å². The Labute approximate surface area is 63.5 Å². The van der Waals surface area contributed by atoms with Gasteiger partial charge in [-0.05, 0) is 11.7 Å². The molecule has 0 aromatic carbocycles. The quantitative estimate of drug-likeness (QED) is 0.544. The van der Waals surface area contributed by atoms with E-state index in [-0.39, 0.29) is 15.2 Å². The van der Waals surface area contributed by atoms with Gasteiger partial charge in [0.2, 0.25) is 15.2 Å². The van der Waals surface area contributed by atoms with Crippen LogP contribution in [0.2, 0.25) is 11.1 Å². The minimum atomic E-state index is -0.0351. The lowest BCUT2D eigenvalue weighted by Crippen LogP contribution is -2.10. The van der Waals surface area contributed by atoms with E-state index in [2.05, 4.69) is 12.7 Å². The average molecular weight is 142 g/mol. The van der Waals surface area contributed by atoms with Gasteiger partial charge in [-0.15, -0.1) is 5.79 Å². The second-order valence-corrected chi connectivity index (χ2v) is 4.03. The number of ketones is 1. The molecular weight excluding hydrogens is 127 g/mol. The van der Waals surface area contributed by atoms with Gasteiger partial charge in [0.05, 0.1) is 0 Å². The first-order valence-corrected chi connectivity index (χ1v) is 6.16. The minimum absolute atomic E-state index is 0.0351. The smallest absolute Gasteiger partial charge is 0.244 e. The Morgan fingerprint density at radius 1 is 1.67 bits per heavy atom. The first-order valence-electron chi connectivity index (χ1n) is 3.75. The summed E-state index contributed by atoms with van der Waals surface area (Å²) in [5.74, 6) is 2.98. The van der Waals surface area contributed by atoms with Crippen LogP contribution in [0.3, 0.4) is 0 Å². The number of carbonyl (C=O) groups is 1. The summed E-state index contributed by atoms with van der Waals surface area (Å²) in [5, 5.41) is 0.898. The molecule has 0 saturated heterocycles. The molecule has 1 nitrogen and oxygen atoms in total. The predicted octanol–water partition coefficient (Wildman–Crippen LogP) is 1.50. The molecule has 0 radical (unpaired) electrons. The molecule has 0 fully saturated rings. The van der Waals surface area contributed by atoms with Gasteiger partial charge in [0.15, 0.2) is 0 Å². The fourth-order valence-corrected chi connectivity index (χ4v) is 1.71. The van der Waals surface area contributed by atoms with Gasteiger partial charge in [-0.2, -0.15) is 0 Å². The van der Waals surface area contributed by atoms with Crippen molar-refractivity contribution in [1.82, 2.24) is 0 Å². The molecule has 1 unspecified atom stereocenters. The van der Waals surface area contributed by atoms with Crippen molar-refractivity contribution >= 4 is 21.0 Å². The largest absolute Gasteiger partial charge is 0.301 e. The summed E-state index contributed by atoms with van der Waals surface area (Å²) >= 11 is -0.0351. The number of hydrogen-bond donors (Lipinski definition) is 0. The lowest BCUT2D eigenvalue weighted by atomic mass is 10.1. The zero-order valence-electron chi connectivity index (χ0n) is 6.61. The number of rotatable bonds is 4. The maximum Gasteiger partial charge on any atom is 0.244 e. The maximum absolute atomic E-state index is 11.0. The van der Waals surface area contributed by atoms with E-state index < -0.39 is 0 Å². The second-order valence-electron chi connectivity index (χ2n) is 2.53. The molecule has 0 aromatic heterocycles. The highest BCUT2D eigenvalue weighted by Gasteiger charge is 2.08. The molecule has 0 amide bonds. The van der Waals surface area contributed by atoms with Crippen molar-refractivity contribution < 1.29 is 4.79 Å². The van der Waals surface area contributed by atoms with Crippen LogP contribution >= 0.6 is 0 Å². The fourth-order valence-electron chi connectivity index (χ4n) is 0.720. The molecule has 9 heavy (non-hydrogen) atoms. The van der Waals surface area contributed by atoms with Crippen LogP contribution in [0.5, 0.6) is 0 Å². The third-order valence-corrected chi connectivity index (χ3v) is 2.65. The van der Waals surface area contributed by atoms with E-state index in [1.165, 1.54) is 0 Å². The van der Waals surface area contributed by atoms with E-state index in [4.69, 9.17) is 0 Å². The van der Waals surface area contributed by atoms with Crippen LogP contribution in [-0.4, -0.2) is 21.0 Å². The van der Waals surface area contributed by atoms with Crippen LogP contribution in [-0.2, 0) is 4.79 Å². The van der Waals surface area contributed by atoms with E-state index in [0.29, 0.717) is 11.7 Å². The van der Waals surface area contributed by atoms with Crippen molar-refractivity contribution in [3.05, 3.63) is 0 Å². The Morgan fingerprint density at radius 3 is 2.56 bits per heavy atom. The molecule has 0 aliphatic heterocycles. The predicted molar refractivity (Wildman–Crippen MR) is 42.3 cm³/mol. The van der Waals surface area contributed by atoms with Crippen molar-refractivity contribution in [2.24, 2.45) is 5.92 Å². The first kappa shape index (κ1) is 9.20. The molecule has 2 heteroatoms. The number of Topliss-reactive ketones (excluding diaryl/α,β-unsaturated/α-hetero) is 1. The molecule has 0 aromatic rings. The van der Waals surface area contributed by atoms with Gasteiger partial charge in [-0.25, -0.2) is 0 Å². The average Bonchev–Trinajstić information content (AvgIpc) is 1.87. The van der Waals surface area contributed by atoms with Gasteiger partial charge < -0.3 is 4.79 Å².